The number of rotatable bonds is 2. The number of carboxylic acid groups (broad SMARTS) is 1. The Bertz CT molecular complexity index is 337. The fourth-order valence-electron chi connectivity index (χ4n) is 5.22. The zero-order chi connectivity index (χ0) is 12.3. The Morgan fingerprint density at radius 2 is 1.76 bits per heavy atom. The molecule has 0 aromatic heterocycles. The minimum absolute atomic E-state index is 0.354. The number of hydrogen-bond acceptors (Lipinski definition) is 1. The van der Waals surface area contributed by atoms with Gasteiger partial charge in [0.25, 0.3) is 0 Å². The normalized spacial score (nSPS) is 41.9. The Hall–Kier alpha value is -0.530. The summed E-state index contributed by atoms with van der Waals surface area (Å²) in [5.74, 6) is 1.51. The van der Waals surface area contributed by atoms with E-state index >= 15 is 0 Å². The van der Waals surface area contributed by atoms with Crippen molar-refractivity contribution in [3.05, 3.63) is 0 Å². The summed E-state index contributed by atoms with van der Waals surface area (Å²) < 4.78 is 0. The average molecular weight is 236 g/mol. The Morgan fingerprint density at radius 1 is 1.12 bits per heavy atom. The topological polar surface area (TPSA) is 37.3 Å². The van der Waals surface area contributed by atoms with E-state index in [9.17, 15) is 9.90 Å². The molecule has 1 N–H and O–H groups in total. The SMILES string of the molecule is CC1(C)C2CCC(C3(C(=O)O)CCCC3)C1C2. The quantitative estimate of drug-likeness (QED) is 0.793. The van der Waals surface area contributed by atoms with Crippen molar-refractivity contribution < 1.29 is 9.90 Å². The van der Waals surface area contributed by atoms with Crippen LogP contribution in [0.2, 0.25) is 0 Å². The maximum Gasteiger partial charge on any atom is 0.309 e. The van der Waals surface area contributed by atoms with Crippen LogP contribution in [-0.4, -0.2) is 11.1 Å². The third-order valence-corrected chi connectivity index (χ3v) is 6.49. The number of aliphatic carboxylic acids is 1. The van der Waals surface area contributed by atoms with Gasteiger partial charge in [0.15, 0.2) is 0 Å². The molecule has 2 heteroatoms. The van der Waals surface area contributed by atoms with Crippen LogP contribution in [-0.2, 0) is 4.79 Å². The van der Waals surface area contributed by atoms with Gasteiger partial charge < -0.3 is 5.11 Å². The molecular formula is C15H24O2. The van der Waals surface area contributed by atoms with Crippen LogP contribution in [0.3, 0.4) is 0 Å². The van der Waals surface area contributed by atoms with E-state index in [1.807, 2.05) is 0 Å². The second kappa shape index (κ2) is 3.49. The first-order valence-corrected chi connectivity index (χ1v) is 7.22. The summed E-state index contributed by atoms with van der Waals surface area (Å²) in [6.45, 7) is 4.73. The fourth-order valence-corrected chi connectivity index (χ4v) is 5.22. The van der Waals surface area contributed by atoms with Gasteiger partial charge in [0, 0.05) is 0 Å². The van der Waals surface area contributed by atoms with Crippen molar-refractivity contribution >= 4 is 5.97 Å². The molecule has 96 valence electrons. The molecule has 0 radical (unpaired) electrons. The standard InChI is InChI=1S/C15H24O2/c1-14(2)10-5-6-11(12(14)9-10)15(13(16)17)7-3-4-8-15/h10-12H,3-9H2,1-2H3,(H,16,17). The molecule has 4 aliphatic rings. The fraction of sp³-hybridized carbons (Fsp3) is 0.933. The molecule has 4 fully saturated rings. The van der Waals surface area contributed by atoms with Gasteiger partial charge in [-0.3, -0.25) is 4.79 Å². The zero-order valence-electron chi connectivity index (χ0n) is 11.0. The van der Waals surface area contributed by atoms with Crippen LogP contribution in [0, 0.1) is 28.6 Å². The van der Waals surface area contributed by atoms with Crippen molar-refractivity contribution in [3.8, 4) is 0 Å². The smallest absolute Gasteiger partial charge is 0.309 e. The molecular weight excluding hydrogens is 212 g/mol. The molecule has 3 atom stereocenters. The molecule has 4 saturated carbocycles. The van der Waals surface area contributed by atoms with E-state index in [0.29, 0.717) is 17.3 Å². The number of carboxylic acids is 1. The third kappa shape index (κ3) is 1.36. The van der Waals surface area contributed by atoms with Crippen LogP contribution in [0.25, 0.3) is 0 Å². The van der Waals surface area contributed by atoms with Gasteiger partial charge in [-0.25, -0.2) is 0 Å². The van der Waals surface area contributed by atoms with Gasteiger partial charge >= 0.3 is 5.97 Å². The Labute approximate surface area is 104 Å². The molecule has 0 heterocycles. The summed E-state index contributed by atoms with van der Waals surface area (Å²) in [4.78, 5) is 11.8. The van der Waals surface area contributed by atoms with Crippen molar-refractivity contribution in [1.29, 1.82) is 0 Å². The van der Waals surface area contributed by atoms with E-state index in [1.54, 1.807) is 0 Å². The van der Waals surface area contributed by atoms with Crippen LogP contribution >= 0.6 is 0 Å². The highest BCUT2D eigenvalue weighted by Crippen LogP contribution is 2.66. The van der Waals surface area contributed by atoms with E-state index < -0.39 is 5.97 Å². The largest absolute Gasteiger partial charge is 0.481 e. The van der Waals surface area contributed by atoms with Gasteiger partial charge in [-0.1, -0.05) is 26.7 Å². The minimum atomic E-state index is -0.499. The van der Waals surface area contributed by atoms with E-state index in [4.69, 9.17) is 0 Å². The maximum absolute atomic E-state index is 11.8. The van der Waals surface area contributed by atoms with Gasteiger partial charge in [0.1, 0.15) is 0 Å². The monoisotopic (exact) mass is 236 g/mol. The Kier molecular flexibility index (Phi) is 2.37. The van der Waals surface area contributed by atoms with E-state index in [1.165, 1.54) is 19.3 Å². The van der Waals surface area contributed by atoms with Gasteiger partial charge in [0.2, 0.25) is 0 Å². The molecule has 0 amide bonds. The molecule has 4 rings (SSSR count). The van der Waals surface area contributed by atoms with Crippen molar-refractivity contribution in [2.75, 3.05) is 0 Å². The highest BCUT2D eigenvalue weighted by atomic mass is 16.4. The lowest BCUT2D eigenvalue weighted by Gasteiger charge is -2.63. The maximum atomic E-state index is 11.8. The van der Waals surface area contributed by atoms with Crippen LogP contribution in [0.15, 0.2) is 0 Å². The summed E-state index contributed by atoms with van der Waals surface area (Å²) in [6.07, 6.45) is 7.86. The Morgan fingerprint density at radius 3 is 2.24 bits per heavy atom. The molecule has 0 aliphatic heterocycles. The summed E-state index contributed by atoms with van der Waals surface area (Å²) in [5.41, 5.74) is 0.0568. The molecule has 2 bridgehead atoms. The van der Waals surface area contributed by atoms with Crippen LogP contribution < -0.4 is 0 Å². The summed E-state index contributed by atoms with van der Waals surface area (Å²) in [6, 6.07) is 0. The van der Waals surface area contributed by atoms with E-state index in [-0.39, 0.29) is 5.41 Å². The molecule has 3 unspecified atom stereocenters. The second-order valence-corrected chi connectivity index (χ2v) is 7.21. The molecule has 0 aromatic rings. The third-order valence-electron chi connectivity index (χ3n) is 6.49. The van der Waals surface area contributed by atoms with Crippen LogP contribution in [0.1, 0.15) is 58.8 Å². The van der Waals surface area contributed by atoms with E-state index in [0.717, 1.165) is 31.6 Å². The van der Waals surface area contributed by atoms with Crippen molar-refractivity contribution in [2.24, 2.45) is 28.6 Å². The highest BCUT2D eigenvalue weighted by Gasteiger charge is 2.61. The molecule has 2 nitrogen and oxygen atoms in total. The molecule has 0 saturated heterocycles. The van der Waals surface area contributed by atoms with Gasteiger partial charge in [-0.15, -0.1) is 0 Å². The van der Waals surface area contributed by atoms with Gasteiger partial charge in [-0.05, 0) is 55.3 Å². The summed E-state index contributed by atoms with van der Waals surface area (Å²) in [7, 11) is 0. The van der Waals surface area contributed by atoms with Crippen LogP contribution in [0.4, 0.5) is 0 Å². The predicted molar refractivity (Wildman–Crippen MR) is 66.6 cm³/mol. The van der Waals surface area contributed by atoms with Crippen molar-refractivity contribution in [3.63, 3.8) is 0 Å². The second-order valence-electron chi connectivity index (χ2n) is 7.21. The summed E-state index contributed by atoms with van der Waals surface area (Å²) in [5, 5.41) is 9.72. The van der Waals surface area contributed by atoms with Gasteiger partial charge in [0.05, 0.1) is 5.41 Å². The number of fused-ring (bicyclic) bond motifs is 2. The molecule has 0 aromatic carbocycles. The molecule has 0 spiro atoms. The Balaban J connectivity index is 1.90. The summed E-state index contributed by atoms with van der Waals surface area (Å²) >= 11 is 0. The lowest BCUT2D eigenvalue weighted by atomic mass is 9.42. The van der Waals surface area contributed by atoms with Crippen molar-refractivity contribution in [1.82, 2.24) is 0 Å². The molecule has 4 aliphatic carbocycles. The lowest BCUT2D eigenvalue weighted by Crippen LogP contribution is -2.57. The van der Waals surface area contributed by atoms with Crippen molar-refractivity contribution in [2.45, 2.75) is 58.8 Å². The minimum Gasteiger partial charge on any atom is -0.481 e. The first kappa shape index (κ1) is 11.6. The number of carbonyl (C=O) groups is 1. The van der Waals surface area contributed by atoms with Crippen LogP contribution in [0.5, 0.6) is 0 Å². The lowest BCUT2D eigenvalue weighted by molar-refractivity contribution is -0.175. The first-order chi connectivity index (χ1) is 7.98. The molecule has 17 heavy (non-hydrogen) atoms. The predicted octanol–water partition coefficient (Wildman–Crippen LogP) is 3.70. The number of hydrogen-bond donors (Lipinski definition) is 1. The highest BCUT2D eigenvalue weighted by molar-refractivity contribution is 5.75. The first-order valence-electron chi connectivity index (χ1n) is 7.22. The zero-order valence-corrected chi connectivity index (χ0v) is 11.0. The average Bonchev–Trinajstić information content (AvgIpc) is 2.79. The van der Waals surface area contributed by atoms with Gasteiger partial charge in [-0.2, -0.15) is 0 Å². The van der Waals surface area contributed by atoms with E-state index in [2.05, 4.69) is 13.8 Å².